The van der Waals surface area contributed by atoms with E-state index in [1.807, 2.05) is 48.5 Å². The maximum absolute atomic E-state index is 12.1. The van der Waals surface area contributed by atoms with Gasteiger partial charge in [-0.2, -0.15) is 0 Å². The molecule has 4 heteroatoms. The maximum atomic E-state index is 12.1. The van der Waals surface area contributed by atoms with Crippen LogP contribution in [0.2, 0.25) is 0 Å². The van der Waals surface area contributed by atoms with E-state index < -0.39 is 5.97 Å². The molecule has 0 fully saturated rings. The summed E-state index contributed by atoms with van der Waals surface area (Å²) in [5.74, 6) is -0.0545. The zero-order valence-electron chi connectivity index (χ0n) is 13.8. The first kappa shape index (κ1) is 16.9. The van der Waals surface area contributed by atoms with Crippen molar-refractivity contribution in [3.8, 4) is 0 Å². The van der Waals surface area contributed by atoms with Crippen LogP contribution in [0.15, 0.2) is 59.2 Å². The highest BCUT2D eigenvalue weighted by molar-refractivity contribution is 14.1. The van der Waals surface area contributed by atoms with E-state index in [2.05, 4.69) is 48.4 Å². The van der Waals surface area contributed by atoms with Crippen molar-refractivity contribution in [2.24, 2.45) is 4.99 Å². The molecular weight excluding hydrogens is 413 g/mol. The van der Waals surface area contributed by atoms with E-state index in [-0.39, 0.29) is 5.41 Å². The molecule has 2 aromatic carbocycles. The fourth-order valence-corrected chi connectivity index (χ4v) is 2.97. The van der Waals surface area contributed by atoms with Gasteiger partial charge in [0, 0.05) is 9.13 Å². The lowest BCUT2D eigenvalue weighted by Gasteiger charge is -2.18. The van der Waals surface area contributed by atoms with Crippen molar-refractivity contribution >= 4 is 40.5 Å². The Labute approximate surface area is 155 Å². The highest BCUT2D eigenvalue weighted by Crippen LogP contribution is 2.24. The first-order chi connectivity index (χ1) is 11.3. The molecule has 0 N–H and O–H groups in total. The van der Waals surface area contributed by atoms with Crippen LogP contribution in [0.1, 0.15) is 37.5 Å². The molecule has 0 amide bonds. The van der Waals surface area contributed by atoms with Gasteiger partial charge >= 0.3 is 5.97 Å². The van der Waals surface area contributed by atoms with Crippen molar-refractivity contribution < 1.29 is 9.53 Å². The molecule has 1 aliphatic rings. The van der Waals surface area contributed by atoms with Gasteiger partial charge in [0.05, 0.1) is 0 Å². The number of esters is 1. The van der Waals surface area contributed by atoms with Crippen LogP contribution in [0.3, 0.4) is 0 Å². The van der Waals surface area contributed by atoms with Crippen molar-refractivity contribution in [3.63, 3.8) is 0 Å². The predicted molar refractivity (Wildman–Crippen MR) is 105 cm³/mol. The number of hydrogen-bond donors (Lipinski definition) is 0. The lowest BCUT2D eigenvalue weighted by atomic mass is 9.87. The highest BCUT2D eigenvalue weighted by atomic mass is 127. The number of hydrogen-bond acceptors (Lipinski definition) is 3. The van der Waals surface area contributed by atoms with E-state index in [9.17, 15) is 4.79 Å². The second kappa shape index (κ2) is 6.51. The minimum atomic E-state index is -0.413. The number of carbonyl (C=O) groups excluding carboxylic acids is 1. The van der Waals surface area contributed by atoms with Gasteiger partial charge in [-0.3, -0.25) is 0 Å². The van der Waals surface area contributed by atoms with Gasteiger partial charge < -0.3 is 4.74 Å². The number of aliphatic imine (C=N–C) groups is 1. The van der Waals surface area contributed by atoms with Crippen LogP contribution < -0.4 is 0 Å². The van der Waals surface area contributed by atoms with E-state index >= 15 is 0 Å². The molecule has 1 heterocycles. The van der Waals surface area contributed by atoms with Gasteiger partial charge in [0.25, 0.3) is 0 Å². The molecule has 0 saturated carbocycles. The largest absolute Gasteiger partial charge is 0.402 e. The summed E-state index contributed by atoms with van der Waals surface area (Å²) < 4.78 is 6.44. The molecule has 0 unspecified atom stereocenters. The van der Waals surface area contributed by atoms with Gasteiger partial charge in [0.15, 0.2) is 5.70 Å². The SMILES string of the molecule is CC(C)(C)c1ccc(C2=N/C(=C\c3cccc(I)c3)C(=O)O2)cc1. The minimum absolute atomic E-state index is 0.0855. The number of nitrogens with zero attached hydrogens (tertiary/aromatic N) is 1. The second-order valence-electron chi connectivity index (χ2n) is 6.72. The molecule has 0 spiro atoms. The highest BCUT2D eigenvalue weighted by Gasteiger charge is 2.24. The van der Waals surface area contributed by atoms with Gasteiger partial charge in [-0.05, 0) is 69.5 Å². The average Bonchev–Trinajstić information content (AvgIpc) is 2.88. The number of cyclic esters (lactones) is 1. The first-order valence-electron chi connectivity index (χ1n) is 7.72. The molecule has 0 aliphatic carbocycles. The smallest absolute Gasteiger partial charge is 0.363 e. The van der Waals surface area contributed by atoms with Crippen LogP contribution in [0.5, 0.6) is 0 Å². The Bertz CT molecular complexity index is 843. The monoisotopic (exact) mass is 431 g/mol. The fraction of sp³-hybridized carbons (Fsp3) is 0.200. The third kappa shape index (κ3) is 3.75. The van der Waals surface area contributed by atoms with Crippen LogP contribution in [-0.2, 0) is 14.9 Å². The van der Waals surface area contributed by atoms with Crippen molar-refractivity contribution in [2.45, 2.75) is 26.2 Å². The zero-order valence-corrected chi connectivity index (χ0v) is 16.0. The molecule has 122 valence electrons. The zero-order chi connectivity index (χ0) is 17.3. The van der Waals surface area contributed by atoms with Crippen LogP contribution >= 0.6 is 22.6 Å². The summed E-state index contributed by atoms with van der Waals surface area (Å²) in [6.07, 6.45) is 1.75. The number of rotatable bonds is 2. The maximum Gasteiger partial charge on any atom is 0.363 e. The van der Waals surface area contributed by atoms with E-state index in [1.54, 1.807) is 6.08 Å². The summed E-state index contributed by atoms with van der Waals surface area (Å²) in [5, 5.41) is 0. The first-order valence-corrected chi connectivity index (χ1v) is 8.80. The second-order valence-corrected chi connectivity index (χ2v) is 7.96. The van der Waals surface area contributed by atoms with Crippen LogP contribution in [-0.4, -0.2) is 11.9 Å². The average molecular weight is 431 g/mol. The summed E-state index contributed by atoms with van der Waals surface area (Å²) in [6, 6.07) is 15.9. The van der Waals surface area contributed by atoms with Gasteiger partial charge in [0.1, 0.15) is 0 Å². The molecule has 0 radical (unpaired) electrons. The summed E-state index contributed by atoms with van der Waals surface area (Å²) in [5.41, 5.74) is 3.38. The Morgan fingerprint density at radius 1 is 1.08 bits per heavy atom. The van der Waals surface area contributed by atoms with E-state index in [0.29, 0.717) is 11.6 Å². The number of halogens is 1. The summed E-state index contributed by atoms with van der Waals surface area (Å²) >= 11 is 2.24. The van der Waals surface area contributed by atoms with Crippen LogP contribution in [0.25, 0.3) is 6.08 Å². The topological polar surface area (TPSA) is 38.7 Å². The number of benzene rings is 2. The Hall–Kier alpha value is -1.95. The van der Waals surface area contributed by atoms with Gasteiger partial charge in [-0.1, -0.05) is 45.0 Å². The molecule has 0 saturated heterocycles. The summed E-state index contributed by atoms with van der Waals surface area (Å²) in [4.78, 5) is 16.4. The molecule has 2 aromatic rings. The molecular formula is C20H18INO2. The molecule has 0 bridgehead atoms. The normalized spacial score (nSPS) is 16.2. The van der Waals surface area contributed by atoms with Crippen molar-refractivity contribution in [2.75, 3.05) is 0 Å². The van der Waals surface area contributed by atoms with E-state index in [1.165, 1.54) is 5.56 Å². The third-order valence-corrected chi connectivity index (χ3v) is 4.44. The minimum Gasteiger partial charge on any atom is -0.402 e. The van der Waals surface area contributed by atoms with Crippen molar-refractivity contribution in [1.29, 1.82) is 0 Å². The van der Waals surface area contributed by atoms with Gasteiger partial charge in [-0.15, -0.1) is 0 Å². The third-order valence-electron chi connectivity index (χ3n) is 3.77. The van der Waals surface area contributed by atoms with Gasteiger partial charge in [0.2, 0.25) is 5.90 Å². The molecule has 1 aliphatic heterocycles. The fourth-order valence-electron chi connectivity index (χ4n) is 2.40. The Balaban J connectivity index is 1.89. The summed E-state index contributed by atoms with van der Waals surface area (Å²) in [6.45, 7) is 6.49. The van der Waals surface area contributed by atoms with E-state index in [0.717, 1.165) is 14.7 Å². The quantitative estimate of drug-likeness (QED) is 0.384. The Kier molecular flexibility index (Phi) is 4.58. The summed E-state index contributed by atoms with van der Waals surface area (Å²) in [7, 11) is 0. The van der Waals surface area contributed by atoms with Crippen LogP contribution in [0, 0.1) is 3.57 Å². The standard InChI is InChI=1S/C20H18INO2/c1-20(2,3)15-9-7-14(8-10-15)18-22-17(19(23)24-18)12-13-5-4-6-16(21)11-13/h4-12H,1-3H3/b17-12-. The molecule has 0 atom stereocenters. The molecule has 24 heavy (non-hydrogen) atoms. The molecule has 3 nitrogen and oxygen atoms in total. The Morgan fingerprint density at radius 3 is 2.42 bits per heavy atom. The molecule has 3 rings (SSSR count). The number of carbonyl (C=O) groups is 1. The lowest BCUT2D eigenvalue weighted by Crippen LogP contribution is -2.11. The number of ether oxygens (including phenoxy) is 1. The predicted octanol–water partition coefficient (Wildman–Crippen LogP) is 4.93. The van der Waals surface area contributed by atoms with Crippen molar-refractivity contribution in [3.05, 3.63) is 74.5 Å². The van der Waals surface area contributed by atoms with Crippen molar-refractivity contribution in [1.82, 2.24) is 0 Å². The van der Waals surface area contributed by atoms with E-state index in [4.69, 9.17) is 4.74 Å². The lowest BCUT2D eigenvalue weighted by molar-refractivity contribution is -0.129. The van der Waals surface area contributed by atoms with Gasteiger partial charge in [-0.25, -0.2) is 9.79 Å². The molecule has 0 aromatic heterocycles. The van der Waals surface area contributed by atoms with Crippen LogP contribution in [0.4, 0.5) is 0 Å². The Morgan fingerprint density at radius 2 is 1.79 bits per heavy atom.